The molecule has 0 saturated heterocycles. The lowest BCUT2D eigenvalue weighted by Gasteiger charge is -2.15. The quantitative estimate of drug-likeness (QED) is 0.313. The Labute approximate surface area is 192 Å². The van der Waals surface area contributed by atoms with Gasteiger partial charge in [-0.15, -0.1) is 0 Å². The van der Waals surface area contributed by atoms with Gasteiger partial charge in [0.1, 0.15) is 0 Å². The molecule has 0 spiro atoms. The first-order valence-corrected chi connectivity index (χ1v) is 11.3. The number of nitrogens with zero attached hydrogens (tertiary/aromatic N) is 1. The lowest BCUT2D eigenvalue weighted by atomic mass is 10.0. The number of aliphatic hydroxyl groups is 1. The van der Waals surface area contributed by atoms with E-state index in [1.165, 1.54) is 21.9 Å². The number of hydrogen-bond acceptors (Lipinski definition) is 2. The molecule has 0 radical (unpaired) electrons. The normalized spacial score (nSPS) is 12.4. The molecule has 0 aliphatic rings. The SMILES string of the molecule is OC(CNCc1ccc(Cl)cc1)Cn1c2ccccc2c2ccc(-c3ccccc3)cc21. The van der Waals surface area contributed by atoms with Crippen molar-refractivity contribution in [2.45, 2.75) is 19.2 Å². The second kappa shape index (κ2) is 9.17. The van der Waals surface area contributed by atoms with E-state index in [1.807, 2.05) is 30.3 Å². The summed E-state index contributed by atoms with van der Waals surface area (Å²) in [5.74, 6) is 0. The van der Waals surface area contributed by atoms with Gasteiger partial charge < -0.3 is 15.0 Å². The van der Waals surface area contributed by atoms with Crippen molar-refractivity contribution in [3.8, 4) is 11.1 Å². The van der Waals surface area contributed by atoms with Gasteiger partial charge in [-0.05, 0) is 41.0 Å². The highest BCUT2D eigenvalue weighted by molar-refractivity contribution is 6.30. The molecule has 5 rings (SSSR count). The Balaban J connectivity index is 1.41. The summed E-state index contributed by atoms with van der Waals surface area (Å²) in [5, 5.41) is 17.4. The highest BCUT2D eigenvalue weighted by Crippen LogP contribution is 2.32. The second-order valence-corrected chi connectivity index (χ2v) is 8.57. The first-order valence-electron chi connectivity index (χ1n) is 10.9. The molecule has 4 aromatic carbocycles. The predicted octanol–water partition coefficient (Wildman–Crippen LogP) is 6.27. The van der Waals surface area contributed by atoms with Gasteiger partial charge in [0.15, 0.2) is 0 Å². The topological polar surface area (TPSA) is 37.2 Å². The molecule has 0 aliphatic heterocycles. The van der Waals surface area contributed by atoms with Gasteiger partial charge in [0, 0.05) is 39.9 Å². The molecular weight excluding hydrogens is 416 g/mol. The van der Waals surface area contributed by atoms with Crippen LogP contribution < -0.4 is 5.32 Å². The molecule has 1 unspecified atom stereocenters. The maximum absolute atomic E-state index is 10.8. The largest absolute Gasteiger partial charge is 0.390 e. The Morgan fingerprint density at radius 3 is 2.28 bits per heavy atom. The van der Waals surface area contributed by atoms with Crippen molar-refractivity contribution >= 4 is 33.4 Å². The molecule has 3 nitrogen and oxygen atoms in total. The minimum atomic E-state index is -0.512. The van der Waals surface area contributed by atoms with Crippen LogP contribution in [-0.2, 0) is 13.1 Å². The zero-order valence-electron chi connectivity index (χ0n) is 17.7. The number of fused-ring (bicyclic) bond motifs is 3. The number of benzene rings is 4. The Morgan fingerprint density at radius 2 is 1.47 bits per heavy atom. The summed E-state index contributed by atoms with van der Waals surface area (Å²) < 4.78 is 2.24. The first-order chi connectivity index (χ1) is 15.7. The number of halogens is 1. The lowest BCUT2D eigenvalue weighted by molar-refractivity contribution is 0.154. The minimum absolute atomic E-state index is 0.509. The Morgan fingerprint density at radius 1 is 0.750 bits per heavy atom. The zero-order chi connectivity index (χ0) is 21.9. The van der Waals surface area contributed by atoms with Gasteiger partial charge in [-0.1, -0.05) is 84.4 Å². The molecule has 0 fully saturated rings. The highest BCUT2D eigenvalue weighted by Gasteiger charge is 2.14. The molecule has 32 heavy (non-hydrogen) atoms. The Hall–Kier alpha value is -3.11. The van der Waals surface area contributed by atoms with E-state index in [1.54, 1.807) is 0 Å². The van der Waals surface area contributed by atoms with Crippen LogP contribution in [0.25, 0.3) is 32.9 Å². The monoisotopic (exact) mass is 440 g/mol. The molecule has 0 amide bonds. The van der Waals surface area contributed by atoms with E-state index in [2.05, 4.69) is 76.6 Å². The van der Waals surface area contributed by atoms with Crippen molar-refractivity contribution in [1.29, 1.82) is 0 Å². The molecular formula is C28H25ClN2O. The van der Waals surface area contributed by atoms with Crippen LogP contribution in [0, 0.1) is 0 Å². The predicted molar refractivity (Wildman–Crippen MR) is 134 cm³/mol. The molecule has 1 heterocycles. The van der Waals surface area contributed by atoms with Crippen molar-refractivity contribution in [2.24, 2.45) is 0 Å². The molecule has 1 aromatic heterocycles. The second-order valence-electron chi connectivity index (χ2n) is 8.14. The van der Waals surface area contributed by atoms with Crippen LogP contribution in [0.4, 0.5) is 0 Å². The Bertz CT molecular complexity index is 1340. The molecule has 0 saturated carbocycles. The van der Waals surface area contributed by atoms with Gasteiger partial charge in [-0.3, -0.25) is 0 Å². The third-order valence-corrected chi connectivity index (χ3v) is 6.15. The van der Waals surface area contributed by atoms with Gasteiger partial charge in [-0.25, -0.2) is 0 Å². The van der Waals surface area contributed by atoms with Crippen molar-refractivity contribution in [3.05, 3.63) is 108 Å². The summed E-state index contributed by atoms with van der Waals surface area (Å²) in [6, 6.07) is 33.2. The summed E-state index contributed by atoms with van der Waals surface area (Å²) in [6.45, 7) is 1.73. The number of nitrogens with one attached hydrogen (secondary N) is 1. The van der Waals surface area contributed by atoms with Crippen molar-refractivity contribution < 1.29 is 5.11 Å². The fraction of sp³-hybridized carbons (Fsp3) is 0.143. The first kappa shape index (κ1) is 20.8. The van der Waals surface area contributed by atoms with Gasteiger partial charge in [0.25, 0.3) is 0 Å². The molecule has 2 N–H and O–H groups in total. The smallest absolute Gasteiger partial charge is 0.0843 e. The zero-order valence-corrected chi connectivity index (χ0v) is 18.5. The van der Waals surface area contributed by atoms with E-state index in [0.29, 0.717) is 19.6 Å². The molecule has 160 valence electrons. The number of para-hydroxylation sites is 1. The van der Waals surface area contributed by atoms with Crippen LogP contribution in [-0.4, -0.2) is 22.3 Å². The van der Waals surface area contributed by atoms with Crippen LogP contribution >= 0.6 is 11.6 Å². The molecule has 1 atom stereocenters. The lowest BCUT2D eigenvalue weighted by Crippen LogP contribution is -2.29. The van der Waals surface area contributed by atoms with E-state index in [4.69, 9.17) is 11.6 Å². The summed E-state index contributed by atoms with van der Waals surface area (Å²) in [7, 11) is 0. The van der Waals surface area contributed by atoms with Crippen LogP contribution in [0.5, 0.6) is 0 Å². The van der Waals surface area contributed by atoms with E-state index in [-0.39, 0.29) is 0 Å². The number of aromatic nitrogens is 1. The molecule has 4 heteroatoms. The van der Waals surface area contributed by atoms with Crippen LogP contribution in [0.3, 0.4) is 0 Å². The minimum Gasteiger partial charge on any atom is -0.390 e. The number of rotatable bonds is 7. The molecule has 0 bridgehead atoms. The average molecular weight is 441 g/mol. The van der Waals surface area contributed by atoms with Gasteiger partial charge in [0.05, 0.1) is 12.6 Å². The summed E-state index contributed by atoms with van der Waals surface area (Å²) in [5.41, 5.74) is 5.80. The summed E-state index contributed by atoms with van der Waals surface area (Å²) in [4.78, 5) is 0. The third-order valence-electron chi connectivity index (χ3n) is 5.90. The standard InChI is InChI=1S/C28H25ClN2O/c29-23-13-10-20(11-14-23)17-30-18-24(32)19-31-27-9-5-4-8-25(27)26-15-12-22(16-28(26)31)21-6-2-1-3-7-21/h1-16,24,30,32H,17-19H2. The van der Waals surface area contributed by atoms with Crippen molar-refractivity contribution in [3.63, 3.8) is 0 Å². The van der Waals surface area contributed by atoms with Crippen LogP contribution in [0.1, 0.15) is 5.56 Å². The maximum Gasteiger partial charge on any atom is 0.0843 e. The van der Waals surface area contributed by atoms with Crippen LogP contribution in [0.15, 0.2) is 97.1 Å². The Kier molecular flexibility index (Phi) is 5.95. The van der Waals surface area contributed by atoms with Gasteiger partial charge in [-0.2, -0.15) is 0 Å². The van der Waals surface area contributed by atoms with E-state index in [0.717, 1.165) is 21.6 Å². The van der Waals surface area contributed by atoms with E-state index in [9.17, 15) is 5.11 Å². The van der Waals surface area contributed by atoms with Gasteiger partial charge in [0.2, 0.25) is 0 Å². The fourth-order valence-electron chi connectivity index (χ4n) is 4.32. The van der Waals surface area contributed by atoms with E-state index < -0.39 is 6.10 Å². The third kappa shape index (κ3) is 4.28. The van der Waals surface area contributed by atoms with Crippen molar-refractivity contribution in [1.82, 2.24) is 9.88 Å². The maximum atomic E-state index is 10.8. The average Bonchev–Trinajstić information content (AvgIpc) is 3.14. The van der Waals surface area contributed by atoms with Gasteiger partial charge >= 0.3 is 0 Å². The molecule has 0 aliphatic carbocycles. The summed E-state index contributed by atoms with van der Waals surface area (Å²) >= 11 is 5.96. The molecule has 5 aromatic rings. The summed E-state index contributed by atoms with van der Waals surface area (Å²) in [6.07, 6.45) is -0.512. The van der Waals surface area contributed by atoms with E-state index >= 15 is 0 Å². The number of hydrogen-bond donors (Lipinski definition) is 2. The number of aliphatic hydroxyl groups excluding tert-OH is 1. The van der Waals surface area contributed by atoms with Crippen molar-refractivity contribution in [2.75, 3.05) is 6.54 Å². The fourth-order valence-corrected chi connectivity index (χ4v) is 4.44. The highest BCUT2D eigenvalue weighted by atomic mass is 35.5. The van der Waals surface area contributed by atoms with Crippen LogP contribution in [0.2, 0.25) is 5.02 Å².